The predicted molar refractivity (Wildman–Crippen MR) is 99.8 cm³/mol. The lowest BCUT2D eigenvalue weighted by molar-refractivity contribution is -0.134. The Bertz CT molecular complexity index is 729. The first kappa shape index (κ1) is 19.3. The zero-order valence-corrected chi connectivity index (χ0v) is 15.7. The number of halogens is 1. The van der Waals surface area contributed by atoms with Crippen LogP contribution in [0.3, 0.4) is 0 Å². The number of anilines is 1. The number of hydrogen-bond donors (Lipinski definition) is 1. The molecule has 0 spiro atoms. The summed E-state index contributed by atoms with van der Waals surface area (Å²) in [6.45, 7) is 4.06. The predicted octanol–water partition coefficient (Wildman–Crippen LogP) is 2.65. The number of nitrogens with one attached hydrogen (secondary N) is 1. The van der Waals surface area contributed by atoms with Crippen molar-refractivity contribution in [3.8, 4) is 0 Å². The van der Waals surface area contributed by atoms with Gasteiger partial charge in [0, 0.05) is 45.2 Å². The minimum Gasteiger partial charge on any atom is -0.342 e. The summed E-state index contributed by atoms with van der Waals surface area (Å²) in [5.74, 6) is -0.598. The molecule has 2 heterocycles. The van der Waals surface area contributed by atoms with Crippen LogP contribution in [0.5, 0.6) is 0 Å². The molecule has 1 N–H and O–H groups in total. The first-order chi connectivity index (χ1) is 12.9. The van der Waals surface area contributed by atoms with Crippen LogP contribution in [0.15, 0.2) is 18.2 Å². The van der Waals surface area contributed by atoms with Gasteiger partial charge in [0.2, 0.25) is 11.8 Å². The van der Waals surface area contributed by atoms with E-state index in [0.717, 1.165) is 38.8 Å². The molecule has 7 heteroatoms. The van der Waals surface area contributed by atoms with Crippen LogP contribution in [-0.2, 0) is 9.59 Å². The fourth-order valence-corrected chi connectivity index (χ4v) is 3.83. The molecule has 0 radical (unpaired) electrons. The molecular formula is C20H26FN3O3. The van der Waals surface area contributed by atoms with E-state index < -0.39 is 5.82 Å². The van der Waals surface area contributed by atoms with Gasteiger partial charge in [0.15, 0.2) is 0 Å². The van der Waals surface area contributed by atoms with Gasteiger partial charge in [-0.3, -0.25) is 14.4 Å². The van der Waals surface area contributed by atoms with Gasteiger partial charge in [0.05, 0.1) is 5.56 Å². The van der Waals surface area contributed by atoms with Crippen molar-refractivity contribution in [1.29, 1.82) is 0 Å². The first-order valence-electron chi connectivity index (χ1n) is 9.58. The third-order valence-electron chi connectivity index (χ3n) is 5.32. The topological polar surface area (TPSA) is 69.7 Å². The molecule has 2 fully saturated rings. The van der Waals surface area contributed by atoms with E-state index in [9.17, 15) is 18.8 Å². The van der Waals surface area contributed by atoms with Gasteiger partial charge in [-0.25, -0.2) is 4.39 Å². The molecule has 27 heavy (non-hydrogen) atoms. The monoisotopic (exact) mass is 375 g/mol. The summed E-state index contributed by atoms with van der Waals surface area (Å²) in [6, 6.07) is 4.03. The molecule has 0 aliphatic carbocycles. The SMILES string of the molecule is CC(=O)Nc1ccc(F)c(C(=O)N2CCC(CN3CCCCC3=O)CC2)c1. The number of hydrogen-bond acceptors (Lipinski definition) is 3. The Morgan fingerprint density at radius 3 is 2.59 bits per heavy atom. The Balaban J connectivity index is 1.58. The molecule has 3 amide bonds. The summed E-state index contributed by atoms with van der Waals surface area (Å²) in [5, 5.41) is 2.57. The van der Waals surface area contributed by atoms with E-state index in [1.54, 1.807) is 4.90 Å². The summed E-state index contributed by atoms with van der Waals surface area (Å²) >= 11 is 0. The summed E-state index contributed by atoms with van der Waals surface area (Å²) in [5.41, 5.74) is 0.386. The highest BCUT2D eigenvalue weighted by molar-refractivity contribution is 5.97. The van der Waals surface area contributed by atoms with E-state index in [4.69, 9.17) is 0 Å². The fourth-order valence-electron chi connectivity index (χ4n) is 3.83. The number of amides is 3. The van der Waals surface area contributed by atoms with Gasteiger partial charge >= 0.3 is 0 Å². The zero-order valence-electron chi connectivity index (χ0n) is 15.7. The standard InChI is InChI=1S/C20H26FN3O3/c1-14(25)22-16-5-6-18(21)17(12-16)20(27)23-10-7-15(8-11-23)13-24-9-3-2-4-19(24)26/h5-6,12,15H,2-4,7-11,13H2,1H3,(H,22,25). The lowest BCUT2D eigenvalue weighted by Gasteiger charge is -2.36. The normalized spacial score (nSPS) is 18.5. The molecule has 146 valence electrons. The van der Waals surface area contributed by atoms with Gasteiger partial charge in [-0.05, 0) is 49.8 Å². The lowest BCUT2D eigenvalue weighted by Crippen LogP contribution is -2.44. The van der Waals surface area contributed by atoms with Crippen molar-refractivity contribution in [2.45, 2.75) is 39.0 Å². The molecule has 0 unspecified atom stereocenters. The minimum absolute atomic E-state index is 0.0223. The molecule has 0 bridgehead atoms. The highest BCUT2D eigenvalue weighted by Gasteiger charge is 2.28. The summed E-state index contributed by atoms with van der Waals surface area (Å²) in [7, 11) is 0. The van der Waals surface area contributed by atoms with Gasteiger partial charge in [0.25, 0.3) is 5.91 Å². The van der Waals surface area contributed by atoms with Crippen molar-refractivity contribution in [2.75, 3.05) is 31.5 Å². The Kier molecular flexibility index (Phi) is 6.08. The molecule has 6 nitrogen and oxygen atoms in total. The number of carbonyl (C=O) groups excluding carboxylic acids is 3. The molecule has 0 saturated carbocycles. The van der Waals surface area contributed by atoms with Crippen LogP contribution in [0, 0.1) is 11.7 Å². The fraction of sp³-hybridized carbons (Fsp3) is 0.550. The van der Waals surface area contributed by atoms with Crippen molar-refractivity contribution < 1.29 is 18.8 Å². The molecule has 2 saturated heterocycles. The number of piperidine rings is 2. The Morgan fingerprint density at radius 2 is 1.93 bits per heavy atom. The van der Waals surface area contributed by atoms with Crippen LogP contribution in [-0.4, -0.2) is 53.7 Å². The van der Waals surface area contributed by atoms with Crippen molar-refractivity contribution in [3.05, 3.63) is 29.6 Å². The van der Waals surface area contributed by atoms with E-state index in [2.05, 4.69) is 5.32 Å². The smallest absolute Gasteiger partial charge is 0.256 e. The number of likely N-dealkylation sites (tertiary alicyclic amines) is 2. The summed E-state index contributed by atoms with van der Waals surface area (Å²) < 4.78 is 14.1. The lowest BCUT2D eigenvalue weighted by atomic mass is 9.94. The molecule has 2 aliphatic rings. The highest BCUT2D eigenvalue weighted by Crippen LogP contribution is 2.24. The second-order valence-corrected chi connectivity index (χ2v) is 7.41. The molecule has 1 aromatic rings. The van der Waals surface area contributed by atoms with E-state index in [0.29, 0.717) is 31.1 Å². The van der Waals surface area contributed by atoms with E-state index in [1.807, 2.05) is 4.90 Å². The van der Waals surface area contributed by atoms with Crippen LogP contribution in [0.2, 0.25) is 0 Å². The molecule has 0 aromatic heterocycles. The number of benzene rings is 1. The molecule has 3 rings (SSSR count). The first-order valence-corrected chi connectivity index (χ1v) is 9.58. The second kappa shape index (κ2) is 8.50. The van der Waals surface area contributed by atoms with E-state index in [-0.39, 0.29) is 23.3 Å². The maximum atomic E-state index is 14.1. The number of rotatable bonds is 4. The molecule has 2 aliphatic heterocycles. The summed E-state index contributed by atoms with van der Waals surface area (Å²) in [4.78, 5) is 39.5. The Morgan fingerprint density at radius 1 is 1.19 bits per heavy atom. The van der Waals surface area contributed by atoms with Gasteiger partial charge in [-0.15, -0.1) is 0 Å². The van der Waals surface area contributed by atoms with Gasteiger partial charge in [-0.2, -0.15) is 0 Å². The van der Waals surface area contributed by atoms with Crippen LogP contribution >= 0.6 is 0 Å². The van der Waals surface area contributed by atoms with Gasteiger partial charge in [-0.1, -0.05) is 0 Å². The third kappa shape index (κ3) is 4.84. The average molecular weight is 375 g/mol. The largest absolute Gasteiger partial charge is 0.342 e. The summed E-state index contributed by atoms with van der Waals surface area (Å²) in [6.07, 6.45) is 4.30. The Labute approximate surface area is 158 Å². The van der Waals surface area contributed by atoms with Gasteiger partial charge < -0.3 is 15.1 Å². The molecule has 0 atom stereocenters. The van der Waals surface area contributed by atoms with E-state index in [1.165, 1.54) is 25.1 Å². The third-order valence-corrected chi connectivity index (χ3v) is 5.32. The maximum Gasteiger partial charge on any atom is 0.256 e. The number of nitrogens with zero attached hydrogens (tertiary/aromatic N) is 2. The Hall–Kier alpha value is -2.44. The average Bonchev–Trinajstić information content (AvgIpc) is 2.65. The van der Waals surface area contributed by atoms with E-state index >= 15 is 0 Å². The number of carbonyl (C=O) groups is 3. The zero-order chi connectivity index (χ0) is 19.4. The van der Waals surface area contributed by atoms with Crippen LogP contribution in [0.1, 0.15) is 49.4 Å². The minimum atomic E-state index is -0.588. The molecular weight excluding hydrogens is 349 g/mol. The van der Waals surface area contributed by atoms with Crippen molar-refractivity contribution in [2.24, 2.45) is 5.92 Å². The van der Waals surface area contributed by atoms with Crippen LogP contribution in [0.4, 0.5) is 10.1 Å². The van der Waals surface area contributed by atoms with Gasteiger partial charge in [0.1, 0.15) is 5.82 Å². The van der Waals surface area contributed by atoms with Crippen LogP contribution < -0.4 is 5.32 Å². The molecule has 1 aromatic carbocycles. The van der Waals surface area contributed by atoms with Crippen molar-refractivity contribution in [1.82, 2.24) is 9.80 Å². The second-order valence-electron chi connectivity index (χ2n) is 7.41. The quantitative estimate of drug-likeness (QED) is 0.880. The van der Waals surface area contributed by atoms with Crippen molar-refractivity contribution in [3.63, 3.8) is 0 Å². The van der Waals surface area contributed by atoms with Crippen molar-refractivity contribution >= 4 is 23.4 Å². The highest BCUT2D eigenvalue weighted by atomic mass is 19.1. The van der Waals surface area contributed by atoms with Crippen LogP contribution in [0.25, 0.3) is 0 Å². The maximum absolute atomic E-state index is 14.1.